The third-order valence-corrected chi connectivity index (χ3v) is 7.27. The number of nitrogens with one attached hydrogen (secondary N) is 1. The van der Waals surface area contributed by atoms with Gasteiger partial charge in [-0.1, -0.05) is 30.7 Å². The van der Waals surface area contributed by atoms with Gasteiger partial charge in [0, 0.05) is 41.5 Å². The second-order valence-corrected chi connectivity index (χ2v) is 9.44. The maximum absolute atomic E-state index is 13.1. The van der Waals surface area contributed by atoms with Gasteiger partial charge in [-0.3, -0.25) is 4.79 Å². The summed E-state index contributed by atoms with van der Waals surface area (Å²) in [6.45, 7) is 1.79. The highest BCUT2D eigenvalue weighted by Gasteiger charge is 2.19. The molecule has 32 heavy (non-hydrogen) atoms. The SMILES string of the molecule is O=C(Nc1cccc(-c2nnc3n2CCCCC3)c1)c1ccccc1SCC1CCCO1. The van der Waals surface area contributed by atoms with Crippen LogP contribution in [0.15, 0.2) is 53.4 Å². The Bertz CT molecular complexity index is 1090. The fraction of sp³-hybridized carbons (Fsp3) is 0.400. The van der Waals surface area contributed by atoms with E-state index in [0.29, 0.717) is 5.56 Å². The summed E-state index contributed by atoms with van der Waals surface area (Å²) in [5, 5.41) is 11.9. The van der Waals surface area contributed by atoms with E-state index in [-0.39, 0.29) is 12.0 Å². The van der Waals surface area contributed by atoms with E-state index in [1.54, 1.807) is 11.8 Å². The molecule has 0 bridgehead atoms. The van der Waals surface area contributed by atoms with Gasteiger partial charge in [0.25, 0.3) is 5.91 Å². The van der Waals surface area contributed by atoms with Crippen molar-refractivity contribution in [2.75, 3.05) is 17.7 Å². The lowest BCUT2D eigenvalue weighted by atomic mass is 10.1. The van der Waals surface area contributed by atoms with Gasteiger partial charge in [0.05, 0.1) is 11.7 Å². The Kier molecular flexibility index (Phi) is 6.55. The molecule has 0 spiro atoms. The molecule has 0 radical (unpaired) electrons. The van der Waals surface area contributed by atoms with Crippen LogP contribution in [0.25, 0.3) is 11.4 Å². The Hall–Kier alpha value is -2.64. The topological polar surface area (TPSA) is 69.0 Å². The van der Waals surface area contributed by atoms with Gasteiger partial charge in [-0.15, -0.1) is 22.0 Å². The molecule has 2 aliphatic rings. The van der Waals surface area contributed by atoms with Crippen LogP contribution in [0.5, 0.6) is 0 Å². The van der Waals surface area contributed by atoms with Crippen LogP contribution in [0.3, 0.4) is 0 Å². The minimum absolute atomic E-state index is 0.0994. The van der Waals surface area contributed by atoms with Crippen LogP contribution >= 0.6 is 11.8 Å². The highest BCUT2D eigenvalue weighted by atomic mass is 32.2. The molecule has 1 unspecified atom stereocenters. The number of carbonyl (C=O) groups is 1. The van der Waals surface area contributed by atoms with Gasteiger partial charge in [0.1, 0.15) is 5.82 Å². The van der Waals surface area contributed by atoms with Gasteiger partial charge in [-0.2, -0.15) is 0 Å². The molecule has 1 N–H and O–H groups in total. The molecule has 2 aliphatic heterocycles. The summed E-state index contributed by atoms with van der Waals surface area (Å²) in [7, 11) is 0. The van der Waals surface area contributed by atoms with Crippen LogP contribution < -0.4 is 5.32 Å². The van der Waals surface area contributed by atoms with Crippen molar-refractivity contribution in [3.05, 3.63) is 59.9 Å². The van der Waals surface area contributed by atoms with Crippen molar-refractivity contribution in [2.24, 2.45) is 0 Å². The first-order chi connectivity index (χ1) is 15.8. The summed E-state index contributed by atoms with van der Waals surface area (Å²) in [4.78, 5) is 14.1. The molecular formula is C25H28N4O2S. The molecule has 2 aromatic carbocycles. The summed E-state index contributed by atoms with van der Waals surface area (Å²) in [5.74, 6) is 2.71. The van der Waals surface area contributed by atoms with Crippen molar-refractivity contribution < 1.29 is 9.53 Å². The quantitative estimate of drug-likeness (QED) is 0.525. The van der Waals surface area contributed by atoms with Gasteiger partial charge in [-0.05, 0) is 49.9 Å². The molecule has 3 aromatic rings. The van der Waals surface area contributed by atoms with E-state index in [1.807, 2.05) is 48.5 Å². The van der Waals surface area contributed by atoms with E-state index >= 15 is 0 Å². The van der Waals surface area contributed by atoms with Gasteiger partial charge >= 0.3 is 0 Å². The number of nitrogens with zero attached hydrogens (tertiary/aromatic N) is 3. The monoisotopic (exact) mass is 448 g/mol. The smallest absolute Gasteiger partial charge is 0.256 e. The Morgan fingerprint density at radius 3 is 2.94 bits per heavy atom. The number of aromatic nitrogens is 3. The number of rotatable bonds is 6. The molecule has 1 saturated heterocycles. The maximum atomic E-state index is 13.1. The summed E-state index contributed by atoms with van der Waals surface area (Å²) in [5.41, 5.74) is 2.43. The second-order valence-electron chi connectivity index (χ2n) is 8.38. The van der Waals surface area contributed by atoms with E-state index in [9.17, 15) is 4.79 Å². The van der Waals surface area contributed by atoms with Crippen LogP contribution in [0.2, 0.25) is 0 Å². The molecule has 6 nitrogen and oxygen atoms in total. The van der Waals surface area contributed by atoms with Gasteiger partial charge in [-0.25, -0.2) is 0 Å². The highest BCUT2D eigenvalue weighted by molar-refractivity contribution is 7.99. The lowest BCUT2D eigenvalue weighted by Gasteiger charge is -2.13. The lowest BCUT2D eigenvalue weighted by Crippen LogP contribution is -2.14. The molecule has 1 fully saturated rings. The summed E-state index contributed by atoms with van der Waals surface area (Å²) in [6.07, 6.45) is 7.02. The minimum Gasteiger partial charge on any atom is -0.377 e. The van der Waals surface area contributed by atoms with E-state index in [2.05, 4.69) is 20.1 Å². The number of benzene rings is 2. The standard InChI is InChI=1S/C25H28N4O2S/c30-25(21-11-3-4-12-22(21)32-17-20-10-7-15-31-20)26-19-9-6-8-18(16-19)24-28-27-23-13-2-1-5-14-29(23)24/h3-4,6,8-9,11-12,16,20H,1-2,5,7,10,13-15,17H2,(H,26,30). The van der Waals surface area contributed by atoms with E-state index in [0.717, 1.165) is 72.4 Å². The van der Waals surface area contributed by atoms with E-state index in [4.69, 9.17) is 4.74 Å². The average Bonchev–Trinajstić information content (AvgIpc) is 3.43. The summed E-state index contributed by atoms with van der Waals surface area (Å²) < 4.78 is 7.96. The highest BCUT2D eigenvalue weighted by Crippen LogP contribution is 2.28. The molecule has 0 saturated carbocycles. The zero-order valence-corrected chi connectivity index (χ0v) is 18.9. The van der Waals surface area contributed by atoms with Crippen LogP contribution in [-0.2, 0) is 17.7 Å². The van der Waals surface area contributed by atoms with Crippen LogP contribution in [0, 0.1) is 0 Å². The Labute approximate surface area is 192 Å². The molecular weight excluding hydrogens is 420 g/mol. The number of anilines is 1. The Balaban J connectivity index is 1.32. The van der Waals surface area contributed by atoms with Crippen LogP contribution in [0.1, 0.15) is 48.3 Å². The number of aryl methyl sites for hydroxylation is 1. The maximum Gasteiger partial charge on any atom is 0.256 e. The largest absolute Gasteiger partial charge is 0.377 e. The number of carbonyl (C=O) groups excluding carboxylic acids is 1. The molecule has 3 heterocycles. The van der Waals surface area contributed by atoms with Crippen molar-refractivity contribution >= 4 is 23.4 Å². The fourth-order valence-corrected chi connectivity index (χ4v) is 5.49. The van der Waals surface area contributed by atoms with E-state index < -0.39 is 0 Å². The predicted molar refractivity (Wildman–Crippen MR) is 127 cm³/mol. The molecule has 1 aromatic heterocycles. The second kappa shape index (κ2) is 9.88. The van der Waals surface area contributed by atoms with Crippen molar-refractivity contribution in [3.63, 3.8) is 0 Å². The predicted octanol–water partition coefficient (Wildman–Crippen LogP) is 5.19. The normalized spacial score (nSPS) is 18.2. The number of hydrogen-bond acceptors (Lipinski definition) is 5. The molecule has 7 heteroatoms. The van der Waals surface area contributed by atoms with Crippen molar-refractivity contribution in [2.45, 2.75) is 56.1 Å². The first-order valence-corrected chi connectivity index (χ1v) is 12.4. The number of thioether (sulfide) groups is 1. The molecule has 166 valence electrons. The Morgan fingerprint density at radius 2 is 2.03 bits per heavy atom. The third-order valence-electron chi connectivity index (χ3n) is 6.07. The third kappa shape index (κ3) is 4.74. The van der Waals surface area contributed by atoms with Crippen molar-refractivity contribution in [1.82, 2.24) is 14.8 Å². The molecule has 5 rings (SSSR count). The molecule has 0 aliphatic carbocycles. The number of fused-ring (bicyclic) bond motifs is 1. The van der Waals surface area contributed by atoms with E-state index in [1.165, 1.54) is 12.8 Å². The van der Waals surface area contributed by atoms with Gasteiger partial charge < -0.3 is 14.6 Å². The van der Waals surface area contributed by atoms with Crippen LogP contribution in [0.4, 0.5) is 5.69 Å². The molecule has 1 amide bonds. The van der Waals surface area contributed by atoms with Crippen molar-refractivity contribution in [1.29, 1.82) is 0 Å². The molecule has 1 atom stereocenters. The zero-order valence-electron chi connectivity index (χ0n) is 18.1. The average molecular weight is 449 g/mol. The summed E-state index contributed by atoms with van der Waals surface area (Å²) >= 11 is 1.69. The summed E-state index contributed by atoms with van der Waals surface area (Å²) in [6, 6.07) is 15.7. The van der Waals surface area contributed by atoms with Gasteiger partial charge in [0.2, 0.25) is 0 Å². The van der Waals surface area contributed by atoms with Crippen molar-refractivity contribution in [3.8, 4) is 11.4 Å². The minimum atomic E-state index is -0.0994. The first kappa shape index (κ1) is 21.2. The Morgan fingerprint density at radius 1 is 1.09 bits per heavy atom. The van der Waals surface area contributed by atoms with Gasteiger partial charge in [0.15, 0.2) is 5.82 Å². The fourth-order valence-electron chi connectivity index (χ4n) is 4.37. The zero-order chi connectivity index (χ0) is 21.8. The number of ether oxygens (including phenoxy) is 1. The number of amides is 1. The first-order valence-electron chi connectivity index (χ1n) is 11.5. The number of hydrogen-bond donors (Lipinski definition) is 1. The van der Waals surface area contributed by atoms with Crippen LogP contribution in [-0.4, -0.2) is 39.1 Å². The lowest BCUT2D eigenvalue weighted by molar-refractivity contribution is 0.102.